The minimum absolute atomic E-state index is 0.624. The van der Waals surface area contributed by atoms with Gasteiger partial charge in [0.05, 0.1) is 0 Å². The van der Waals surface area contributed by atoms with Gasteiger partial charge in [-0.05, 0) is 54.4 Å². The number of rotatable bonds is 6. The molecule has 1 heteroatoms. The summed E-state index contributed by atoms with van der Waals surface area (Å²) in [6.45, 7) is 6.86. The molecule has 106 valence electrons. The number of nitrogens with zero attached hydrogens (tertiary/aromatic N) is 1. The summed E-state index contributed by atoms with van der Waals surface area (Å²) in [7, 11) is 0. The topological polar surface area (TPSA) is 12.9 Å². The van der Waals surface area contributed by atoms with Crippen molar-refractivity contribution in [3.63, 3.8) is 0 Å². The van der Waals surface area contributed by atoms with Crippen molar-refractivity contribution in [3.8, 4) is 0 Å². The van der Waals surface area contributed by atoms with E-state index in [1.165, 1.54) is 23.2 Å². The Labute approximate surface area is 123 Å². The molecule has 0 amide bonds. The van der Waals surface area contributed by atoms with Crippen LogP contribution in [0.1, 0.15) is 37.6 Å². The maximum atomic E-state index is 4.42. The van der Waals surface area contributed by atoms with Gasteiger partial charge in [0.15, 0.2) is 0 Å². The Morgan fingerprint density at radius 3 is 2.25 bits per heavy atom. The van der Waals surface area contributed by atoms with E-state index in [0.29, 0.717) is 5.92 Å². The number of hydrogen-bond acceptors (Lipinski definition) is 1. The van der Waals surface area contributed by atoms with E-state index in [1.54, 1.807) is 0 Å². The van der Waals surface area contributed by atoms with E-state index in [0.717, 1.165) is 18.8 Å². The molecule has 0 bridgehead atoms. The SMILES string of the molecule is CC(C)Cc1cccc(CC(C)Cc2ccccn2)c1. The van der Waals surface area contributed by atoms with E-state index in [9.17, 15) is 0 Å². The highest BCUT2D eigenvalue weighted by molar-refractivity contribution is 5.24. The van der Waals surface area contributed by atoms with Crippen molar-refractivity contribution in [1.29, 1.82) is 0 Å². The molecule has 0 radical (unpaired) electrons. The molecule has 0 saturated carbocycles. The Balaban J connectivity index is 1.95. The first-order valence-electron chi connectivity index (χ1n) is 7.61. The zero-order chi connectivity index (χ0) is 14.4. The summed E-state index contributed by atoms with van der Waals surface area (Å²) in [5.41, 5.74) is 4.10. The summed E-state index contributed by atoms with van der Waals surface area (Å²) in [5.74, 6) is 1.34. The normalized spacial score (nSPS) is 12.6. The molecule has 2 rings (SSSR count). The zero-order valence-electron chi connectivity index (χ0n) is 12.8. The van der Waals surface area contributed by atoms with Gasteiger partial charge in [-0.1, -0.05) is 51.1 Å². The Bertz CT molecular complexity index is 516. The molecule has 1 aromatic carbocycles. The van der Waals surface area contributed by atoms with E-state index in [-0.39, 0.29) is 0 Å². The summed E-state index contributed by atoms with van der Waals surface area (Å²) in [5, 5.41) is 0. The second kappa shape index (κ2) is 7.23. The number of benzene rings is 1. The van der Waals surface area contributed by atoms with Crippen LogP contribution in [0.25, 0.3) is 0 Å². The van der Waals surface area contributed by atoms with Crippen molar-refractivity contribution in [3.05, 3.63) is 65.5 Å². The molecule has 2 aromatic rings. The largest absolute Gasteiger partial charge is 0.261 e. The molecular weight excluding hydrogens is 242 g/mol. The molecule has 0 N–H and O–H groups in total. The highest BCUT2D eigenvalue weighted by Gasteiger charge is 2.07. The van der Waals surface area contributed by atoms with E-state index in [4.69, 9.17) is 0 Å². The lowest BCUT2D eigenvalue weighted by molar-refractivity contribution is 0.568. The standard InChI is InChI=1S/C19H25N/c1-15(2)11-17-7-6-8-18(14-17)12-16(3)13-19-9-4-5-10-20-19/h4-10,14-16H,11-13H2,1-3H3. The zero-order valence-corrected chi connectivity index (χ0v) is 12.8. The minimum atomic E-state index is 0.624. The Morgan fingerprint density at radius 1 is 0.850 bits per heavy atom. The lowest BCUT2D eigenvalue weighted by Gasteiger charge is -2.12. The van der Waals surface area contributed by atoms with E-state index in [1.807, 2.05) is 12.3 Å². The number of aromatic nitrogens is 1. The van der Waals surface area contributed by atoms with Crippen LogP contribution < -0.4 is 0 Å². The Kier molecular flexibility index (Phi) is 5.34. The second-order valence-electron chi connectivity index (χ2n) is 6.25. The molecule has 1 atom stereocenters. The Hall–Kier alpha value is -1.63. The van der Waals surface area contributed by atoms with Crippen molar-refractivity contribution in [2.45, 2.75) is 40.0 Å². The smallest absolute Gasteiger partial charge is 0.0406 e. The first-order chi connectivity index (χ1) is 9.63. The molecule has 0 aliphatic heterocycles. The Morgan fingerprint density at radius 2 is 1.60 bits per heavy atom. The van der Waals surface area contributed by atoms with Crippen LogP contribution in [0.4, 0.5) is 0 Å². The first-order valence-corrected chi connectivity index (χ1v) is 7.61. The fourth-order valence-corrected chi connectivity index (χ4v) is 2.71. The monoisotopic (exact) mass is 267 g/mol. The summed E-state index contributed by atoms with van der Waals surface area (Å²) in [6, 6.07) is 15.2. The highest BCUT2D eigenvalue weighted by atomic mass is 14.7. The van der Waals surface area contributed by atoms with Gasteiger partial charge in [0.2, 0.25) is 0 Å². The van der Waals surface area contributed by atoms with Gasteiger partial charge in [0, 0.05) is 11.9 Å². The molecule has 0 saturated heterocycles. The van der Waals surface area contributed by atoms with Crippen LogP contribution in [0, 0.1) is 11.8 Å². The number of pyridine rings is 1. The minimum Gasteiger partial charge on any atom is -0.261 e. The quantitative estimate of drug-likeness (QED) is 0.739. The highest BCUT2D eigenvalue weighted by Crippen LogP contribution is 2.16. The lowest BCUT2D eigenvalue weighted by atomic mass is 9.94. The fraction of sp³-hybridized carbons (Fsp3) is 0.421. The van der Waals surface area contributed by atoms with Crippen molar-refractivity contribution in [2.75, 3.05) is 0 Å². The van der Waals surface area contributed by atoms with E-state index >= 15 is 0 Å². The van der Waals surface area contributed by atoms with Gasteiger partial charge in [0.25, 0.3) is 0 Å². The average molecular weight is 267 g/mol. The van der Waals surface area contributed by atoms with Crippen LogP contribution in [0.3, 0.4) is 0 Å². The molecule has 0 aliphatic carbocycles. The fourth-order valence-electron chi connectivity index (χ4n) is 2.71. The maximum absolute atomic E-state index is 4.42. The first kappa shape index (κ1) is 14.8. The van der Waals surface area contributed by atoms with Crippen molar-refractivity contribution < 1.29 is 0 Å². The van der Waals surface area contributed by atoms with Crippen molar-refractivity contribution >= 4 is 0 Å². The van der Waals surface area contributed by atoms with Gasteiger partial charge in [0.1, 0.15) is 0 Å². The molecule has 20 heavy (non-hydrogen) atoms. The van der Waals surface area contributed by atoms with Crippen molar-refractivity contribution in [1.82, 2.24) is 4.98 Å². The second-order valence-corrected chi connectivity index (χ2v) is 6.25. The van der Waals surface area contributed by atoms with Crippen LogP contribution in [0.5, 0.6) is 0 Å². The third-order valence-corrected chi connectivity index (χ3v) is 3.50. The van der Waals surface area contributed by atoms with Gasteiger partial charge in [-0.25, -0.2) is 0 Å². The van der Waals surface area contributed by atoms with Gasteiger partial charge < -0.3 is 0 Å². The molecule has 0 aliphatic rings. The molecule has 0 fully saturated rings. The summed E-state index contributed by atoms with van der Waals surface area (Å²) in [4.78, 5) is 4.42. The van der Waals surface area contributed by atoms with Crippen LogP contribution in [-0.2, 0) is 19.3 Å². The van der Waals surface area contributed by atoms with Crippen LogP contribution in [0.15, 0.2) is 48.7 Å². The van der Waals surface area contributed by atoms with Crippen LogP contribution in [-0.4, -0.2) is 4.98 Å². The average Bonchev–Trinajstić information content (AvgIpc) is 2.39. The maximum Gasteiger partial charge on any atom is 0.0406 e. The summed E-state index contributed by atoms with van der Waals surface area (Å²) < 4.78 is 0. The predicted molar refractivity (Wildman–Crippen MR) is 85.8 cm³/mol. The van der Waals surface area contributed by atoms with E-state index in [2.05, 4.69) is 62.2 Å². The van der Waals surface area contributed by atoms with Gasteiger partial charge in [-0.2, -0.15) is 0 Å². The van der Waals surface area contributed by atoms with Crippen molar-refractivity contribution in [2.24, 2.45) is 11.8 Å². The van der Waals surface area contributed by atoms with E-state index < -0.39 is 0 Å². The number of hydrogen-bond donors (Lipinski definition) is 0. The molecule has 1 heterocycles. The van der Waals surface area contributed by atoms with Gasteiger partial charge >= 0.3 is 0 Å². The molecule has 1 nitrogen and oxygen atoms in total. The molecule has 1 aromatic heterocycles. The van der Waals surface area contributed by atoms with Crippen LogP contribution >= 0.6 is 0 Å². The summed E-state index contributed by atoms with van der Waals surface area (Å²) in [6.07, 6.45) is 5.23. The molecular formula is C19H25N. The molecule has 1 unspecified atom stereocenters. The third-order valence-electron chi connectivity index (χ3n) is 3.50. The third kappa shape index (κ3) is 4.80. The molecule has 0 spiro atoms. The van der Waals surface area contributed by atoms with Gasteiger partial charge in [-0.15, -0.1) is 0 Å². The summed E-state index contributed by atoms with van der Waals surface area (Å²) >= 11 is 0. The van der Waals surface area contributed by atoms with Gasteiger partial charge in [-0.3, -0.25) is 4.98 Å². The lowest BCUT2D eigenvalue weighted by Crippen LogP contribution is -2.05. The van der Waals surface area contributed by atoms with Crippen LogP contribution in [0.2, 0.25) is 0 Å². The predicted octanol–water partition coefficient (Wildman–Crippen LogP) is 4.70.